The molecule has 27 heavy (non-hydrogen) atoms. The Hall–Kier alpha value is -2.46. The first-order valence-electron chi connectivity index (χ1n) is 9.78. The fraction of sp³-hybridized carbons (Fsp3) is 0.391. The molecule has 0 saturated heterocycles. The van der Waals surface area contributed by atoms with Crippen LogP contribution in [0.15, 0.2) is 48.8 Å². The molecule has 0 radical (unpaired) electrons. The Labute approximate surface area is 161 Å². The fourth-order valence-corrected chi connectivity index (χ4v) is 4.25. The maximum absolute atomic E-state index is 5.58. The summed E-state index contributed by atoms with van der Waals surface area (Å²) in [6.07, 6.45) is 8.17. The summed E-state index contributed by atoms with van der Waals surface area (Å²) < 4.78 is 5.58. The molecule has 1 atom stereocenters. The third-order valence-electron chi connectivity index (χ3n) is 5.66. The van der Waals surface area contributed by atoms with Crippen molar-refractivity contribution in [3.8, 4) is 5.75 Å². The minimum absolute atomic E-state index is 0.594. The summed E-state index contributed by atoms with van der Waals surface area (Å²) in [5.74, 6) is 1.65. The predicted molar refractivity (Wildman–Crippen MR) is 109 cm³/mol. The summed E-state index contributed by atoms with van der Waals surface area (Å²) >= 11 is 0. The van der Waals surface area contributed by atoms with Crippen molar-refractivity contribution in [2.45, 2.75) is 31.6 Å². The minimum atomic E-state index is 0.594. The van der Waals surface area contributed by atoms with Crippen molar-refractivity contribution >= 4 is 11.0 Å². The molecule has 0 bridgehead atoms. The minimum Gasteiger partial charge on any atom is -0.496 e. The number of aromatic nitrogens is 2. The number of rotatable bonds is 6. The highest BCUT2D eigenvalue weighted by Crippen LogP contribution is 2.36. The van der Waals surface area contributed by atoms with Gasteiger partial charge in [-0.05, 0) is 73.5 Å². The van der Waals surface area contributed by atoms with E-state index in [2.05, 4.69) is 58.3 Å². The van der Waals surface area contributed by atoms with Gasteiger partial charge >= 0.3 is 0 Å². The van der Waals surface area contributed by atoms with Gasteiger partial charge in [-0.1, -0.05) is 18.2 Å². The average Bonchev–Trinajstić information content (AvgIpc) is 2.72. The Balaban J connectivity index is 1.40. The van der Waals surface area contributed by atoms with Gasteiger partial charge in [-0.25, -0.2) is 0 Å². The second kappa shape index (κ2) is 8.05. The van der Waals surface area contributed by atoms with Crippen molar-refractivity contribution < 1.29 is 4.74 Å². The van der Waals surface area contributed by atoms with E-state index < -0.39 is 0 Å². The highest BCUT2D eigenvalue weighted by Gasteiger charge is 2.23. The van der Waals surface area contributed by atoms with Gasteiger partial charge in [0.05, 0.1) is 18.1 Å². The quantitative estimate of drug-likeness (QED) is 0.658. The van der Waals surface area contributed by atoms with E-state index in [4.69, 9.17) is 4.74 Å². The van der Waals surface area contributed by atoms with Gasteiger partial charge < -0.3 is 9.64 Å². The summed E-state index contributed by atoms with van der Waals surface area (Å²) in [6.45, 7) is 2.13. The van der Waals surface area contributed by atoms with Crippen LogP contribution in [-0.4, -0.2) is 42.1 Å². The highest BCUT2D eigenvalue weighted by molar-refractivity contribution is 5.74. The second-order valence-corrected chi connectivity index (χ2v) is 7.51. The summed E-state index contributed by atoms with van der Waals surface area (Å²) in [6, 6.07) is 12.9. The summed E-state index contributed by atoms with van der Waals surface area (Å²) in [5, 5.41) is 0. The van der Waals surface area contributed by atoms with Crippen LogP contribution in [0.3, 0.4) is 0 Å². The number of hydrogen-bond acceptors (Lipinski definition) is 4. The average molecular weight is 361 g/mol. The summed E-state index contributed by atoms with van der Waals surface area (Å²) in [4.78, 5) is 11.2. The lowest BCUT2D eigenvalue weighted by atomic mass is 9.82. The third-order valence-corrected chi connectivity index (χ3v) is 5.66. The zero-order valence-electron chi connectivity index (χ0n) is 16.2. The van der Waals surface area contributed by atoms with Gasteiger partial charge in [-0.15, -0.1) is 0 Å². The number of methoxy groups -OCH3 is 1. The van der Waals surface area contributed by atoms with Crippen LogP contribution in [0.25, 0.3) is 11.0 Å². The van der Waals surface area contributed by atoms with E-state index >= 15 is 0 Å². The molecule has 3 aromatic rings. The Kier molecular flexibility index (Phi) is 5.35. The van der Waals surface area contributed by atoms with Gasteiger partial charge in [0.2, 0.25) is 0 Å². The molecule has 4 nitrogen and oxygen atoms in total. The molecular formula is C23H27N3O. The van der Waals surface area contributed by atoms with Crippen molar-refractivity contribution in [3.05, 3.63) is 65.5 Å². The van der Waals surface area contributed by atoms with Crippen LogP contribution in [0.1, 0.15) is 35.4 Å². The largest absolute Gasteiger partial charge is 0.496 e. The molecule has 1 heterocycles. The lowest BCUT2D eigenvalue weighted by molar-refractivity contribution is 0.299. The van der Waals surface area contributed by atoms with E-state index in [1.807, 2.05) is 0 Å². The number of nitrogens with zero attached hydrogens (tertiary/aromatic N) is 3. The smallest absolute Gasteiger partial charge is 0.122 e. The van der Waals surface area contributed by atoms with Gasteiger partial charge in [0, 0.05) is 25.5 Å². The van der Waals surface area contributed by atoms with Crippen LogP contribution in [-0.2, 0) is 12.8 Å². The Bertz CT molecular complexity index is 924. The van der Waals surface area contributed by atoms with Gasteiger partial charge in [0.25, 0.3) is 0 Å². The lowest BCUT2D eigenvalue weighted by Gasteiger charge is -2.30. The maximum atomic E-state index is 5.58. The van der Waals surface area contributed by atoms with Crippen molar-refractivity contribution in [2.24, 2.45) is 0 Å². The first-order chi connectivity index (χ1) is 13.2. The molecule has 0 saturated carbocycles. The van der Waals surface area contributed by atoms with E-state index in [-0.39, 0.29) is 0 Å². The zero-order chi connectivity index (χ0) is 18.6. The number of likely N-dealkylation sites (N-methyl/N-ethyl adjacent to an activating group) is 1. The van der Waals surface area contributed by atoms with Crippen LogP contribution in [0.5, 0.6) is 5.75 Å². The van der Waals surface area contributed by atoms with Gasteiger partial charge in [0.1, 0.15) is 5.75 Å². The topological polar surface area (TPSA) is 38.2 Å². The number of benzene rings is 2. The molecule has 0 amide bonds. The van der Waals surface area contributed by atoms with Crippen LogP contribution < -0.4 is 4.74 Å². The number of ether oxygens (including phenoxy) is 1. The molecule has 0 spiro atoms. The lowest BCUT2D eigenvalue weighted by Crippen LogP contribution is -2.28. The third kappa shape index (κ3) is 3.96. The van der Waals surface area contributed by atoms with E-state index in [1.165, 1.54) is 29.5 Å². The van der Waals surface area contributed by atoms with E-state index in [9.17, 15) is 0 Å². The summed E-state index contributed by atoms with van der Waals surface area (Å²) in [5.41, 5.74) is 6.15. The van der Waals surface area contributed by atoms with Gasteiger partial charge in [0.15, 0.2) is 0 Å². The van der Waals surface area contributed by atoms with Crippen LogP contribution in [0.4, 0.5) is 0 Å². The standard InChI is InChI=1S/C23H27N3O/c1-26(14-11-17-9-10-21-22(15-17)25-13-12-24-21)16-18-5-3-7-20-19(18)6-4-8-23(20)27-2/h4,6,8-10,12-13,15,18H,3,5,7,11,14,16H2,1-2H3. The summed E-state index contributed by atoms with van der Waals surface area (Å²) in [7, 11) is 4.01. The van der Waals surface area contributed by atoms with Gasteiger partial charge in [-0.2, -0.15) is 0 Å². The highest BCUT2D eigenvalue weighted by atomic mass is 16.5. The molecule has 1 aliphatic rings. The molecule has 1 aliphatic carbocycles. The predicted octanol–water partition coefficient (Wildman–Crippen LogP) is 4.23. The van der Waals surface area contributed by atoms with Crippen molar-refractivity contribution in [3.63, 3.8) is 0 Å². The fourth-order valence-electron chi connectivity index (χ4n) is 4.25. The van der Waals surface area contributed by atoms with Gasteiger partial charge in [-0.3, -0.25) is 9.97 Å². The SMILES string of the molecule is COc1cccc2c1CCCC2CN(C)CCc1ccc2nccnc2c1. The van der Waals surface area contributed by atoms with Crippen LogP contribution in [0, 0.1) is 0 Å². The van der Waals surface area contributed by atoms with Crippen molar-refractivity contribution in [1.82, 2.24) is 14.9 Å². The zero-order valence-corrected chi connectivity index (χ0v) is 16.2. The molecule has 1 aromatic heterocycles. The molecular weight excluding hydrogens is 334 g/mol. The van der Waals surface area contributed by atoms with Crippen molar-refractivity contribution in [1.29, 1.82) is 0 Å². The van der Waals surface area contributed by atoms with E-state index in [0.29, 0.717) is 5.92 Å². The monoisotopic (exact) mass is 361 g/mol. The Morgan fingerprint density at radius 2 is 1.96 bits per heavy atom. The Morgan fingerprint density at radius 3 is 2.81 bits per heavy atom. The molecule has 4 rings (SSSR count). The van der Waals surface area contributed by atoms with E-state index in [1.54, 1.807) is 19.5 Å². The molecule has 0 aliphatic heterocycles. The van der Waals surface area contributed by atoms with E-state index in [0.717, 1.165) is 42.7 Å². The van der Waals surface area contributed by atoms with Crippen LogP contribution >= 0.6 is 0 Å². The number of hydrogen-bond donors (Lipinski definition) is 0. The molecule has 0 N–H and O–H groups in total. The molecule has 2 aromatic carbocycles. The first kappa shape index (κ1) is 17.9. The molecule has 1 unspecified atom stereocenters. The Morgan fingerprint density at radius 1 is 1.11 bits per heavy atom. The van der Waals surface area contributed by atoms with Crippen LogP contribution in [0.2, 0.25) is 0 Å². The van der Waals surface area contributed by atoms with Crippen molar-refractivity contribution in [2.75, 3.05) is 27.2 Å². The maximum Gasteiger partial charge on any atom is 0.122 e. The molecule has 140 valence electrons. The molecule has 0 fully saturated rings. The first-order valence-corrected chi connectivity index (χ1v) is 9.78. The normalized spacial score (nSPS) is 16.5. The number of fused-ring (bicyclic) bond motifs is 2. The second-order valence-electron chi connectivity index (χ2n) is 7.51. The molecule has 4 heteroatoms.